The van der Waals surface area contributed by atoms with Crippen LogP contribution in [0.25, 0.3) is 5.69 Å². The highest BCUT2D eigenvalue weighted by Crippen LogP contribution is 2.25. The van der Waals surface area contributed by atoms with E-state index in [0.29, 0.717) is 14.8 Å². The Morgan fingerprint density at radius 3 is 2.78 bits per heavy atom. The van der Waals surface area contributed by atoms with Crippen molar-refractivity contribution in [2.24, 2.45) is 0 Å². The Morgan fingerprint density at radius 1 is 1.26 bits per heavy atom. The number of carbonyl (C=O) groups is 1. The summed E-state index contributed by atoms with van der Waals surface area (Å²) in [5.74, 6) is -0.674. The minimum absolute atomic E-state index is 0.305. The predicted octanol–water partition coefficient (Wildman–Crippen LogP) is 4.63. The zero-order chi connectivity index (χ0) is 16.4. The Hall–Kier alpha value is -1.74. The second kappa shape index (κ2) is 6.79. The van der Waals surface area contributed by atoms with Crippen LogP contribution < -0.4 is 5.32 Å². The van der Waals surface area contributed by atoms with Crippen LogP contribution in [0.1, 0.15) is 10.4 Å². The summed E-state index contributed by atoms with van der Waals surface area (Å²) >= 11 is 5.34. The summed E-state index contributed by atoms with van der Waals surface area (Å²) in [6.07, 6.45) is 3.46. The fourth-order valence-corrected chi connectivity index (χ4v) is 3.17. The third kappa shape index (κ3) is 3.61. The van der Waals surface area contributed by atoms with Crippen molar-refractivity contribution >= 4 is 50.1 Å². The average Bonchev–Trinajstić information content (AvgIpc) is 3.01. The van der Waals surface area contributed by atoms with Gasteiger partial charge in [0.05, 0.1) is 16.9 Å². The van der Waals surface area contributed by atoms with E-state index in [4.69, 9.17) is 0 Å². The van der Waals surface area contributed by atoms with Crippen molar-refractivity contribution in [3.63, 3.8) is 0 Å². The van der Waals surface area contributed by atoms with Gasteiger partial charge in [0.1, 0.15) is 5.82 Å². The Labute approximate surface area is 154 Å². The van der Waals surface area contributed by atoms with Crippen LogP contribution in [-0.4, -0.2) is 15.7 Å². The van der Waals surface area contributed by atoms with Gasteiger partial charge in [0, 0.05) is 20.4 Å². The highest BCUT2D eigenvalue weighted by Gasteiger charge is 2.14. The SMILES string of the molecule is O=C(Nc1cc(Br)ccc1-n1cccn1)c1ccc(F)cc1I. The highest BCUT2D eigenvalue weighted by atomic mass is 127. The average molecular weight is 486 g/mol. The first kappa shape index (κ1) is 16.1. The van der Waals surface area contributed by atoms with Gasteiger partial charge in [-0.05, 0) is 65.1 Å². The van der Waals surface area contributed by atoms with Gasteiger partial charge >= 0.3 is 0 Å². The molecule has 2 aromatic carbocycles. The molecule has 0 saturated heterocycles. The number of nitrogens with zero attached hydrogens (tertiary/aromatic N) is 2. The Kier molecular flexibility index (Phi) is 4.76. The van der Waals surface area contributed by atoms with Gasteiger partial charge in [-0.15, -0.1) is 0 Å². The van der Waals surface area contributed by atoms with Crippen LogP contribution in [0, 0.1) is 9.39 Å². The molecule has 116 valence electrons. The zero-order valence-electron chi connectivity index (χ0n) is 11.6. The number of nitrogens with one attached hydrogen (secondary N) is 1. The molecule has 3 rings (SSSR count). The lowest BCUT2D eigenvalue weighted by Crippen LogP contribution is -2.15. The summed E-state index contributed by atoms with van der Waals surface area (Å²) in [7, 11) is 0. The molecule has 4 nitrogen and oxygen atoms in total. The Bertz CT molecular complexity index is 868. The third-order valence-electron chi connectivity index (χ3n) is 3.13. The van der Waals surface area contributed by atoms with Crippen molar-refractivity contribution in [2.75, 3.05) is 5.32 Å². The van der Waals surface area contributed by atoms with Crippen LogP contribution in [0.5, 0.6) is 0 Å². The molecule has 0 fully saturated rings. The number of anilines is 1. The third-order valence-corrected chi connectivity index (χ3v) is 4.52. The first-order valence-electron chi connectivity index (χ1n) is 6.60. The number of rotatable bonds is 3. The number of carbonyl (C=O) groups excluding carboxylic acids is 1. The van der Waals surface area contributed by atoms with E-state index in [9.17, 15) is 9.18 Å². The first-order valence-corrected chi connectivity index (χ1v) is 8.48. The van der Waals surface area contributed by atoms with Crippen LogP contribution in [0.2, 0.25) is 0 Å². The number of hydrogen-bond acceptors (Lipinski definition) is 2. The molecule has 3 aromatic rings. The van der Waals surface area contributed by atoms with E-state index in [-0.39, 0.29) is 11.7 Å². The molecule has 0 unspecified atom stereocenters. The molecule has 23 heavy (non-hydrogen) atoms. The molecule has 0 saturated carbocycles. The Morgan fingerprint density at radius 2 is 2.09 bits per heavy atom. The van der Waals surface area contributed by atoms with Gasteiger partial charge in [0.25, 0.3) is 5.91 Å². The van der Waals surface area contributed by atoms with Crippen molar-refractivity contribution < 1.29 is 9.18 Å². The van der Waals surface area contributed by atoms with E-state index >= 15 is 0 Å². The smallest absolute Gasteiger partial charge is 0.256 e. The molecule has 0 aliphatic rings. The molecule has 1 N–H and O–H groups in total. The number of benzene rings is 2. The van der Waals surface area contributed by atoms with E-state index in [0.717, 1.165) is 10.2 Å². The standard InChI is InChI=1S/C16H10BrFIN3O/c17-10-2-5-15(22-7-1-6-20-22)14(8-10)21-16(23)12-4-3-11(18)9-13(12)19/h1-9H,(H,21,23). The van der Waals surface area contributed by atoms with Crippen LogP contribution in [0.3, 0.4) is 0 Å². The second-order valence-electron chi connectivity index (χ2n) is 4.69. The van der Waals surface area contributed by atoms with Gasteiger partial charge in [-0.3, -0.25) is 4.79 Å². The van der Waals surface area contributed by atoms with Gasteiger partial charge < -0.3 is 5.32 Å². The maximum absolute atomic E-state index is 13.2. The number of aromatic nitrogens is 2. The summed E-state index contributed by atoms with van der Waals surface area (Å²) in [6, 6.07) is 11.4. The highest BCUT2D eigenvalue weighted by molar-refractivity contribution is 14.1. The van der Waals surface area contributed by atoms with Crippen LogP contribution >= 0.6 is 38.5 Å². The maximum atomic E-state index is 13.2. The van der Waals surface area contributed by atoms with Crippen molar-refractivity contribution in [1.29, 1.82) is 0 Å². The van der Waals surface area contributed by atoms with E-state index in [1.807, 2.05) is 34.7 Å². The largest absolute Gasteiger partial charge is 0.320 e. The quantitative estimate of drug-likeness (QED) is 0.550. The molecule has 1 aromatic heterocycles. The van der Waals surface area contributed by atoms with Crippen LogP contribution in [-0.2, 0) is 0 Å². The van der Waals surface area contributed by atoms with E-state index in [1.165, 1.54) is 18.2 Å². The lowest BCUT2D eigenvalue weighted by Gasteiger charge is -2.12. The number of amides is 1. The van der Waals surface area contributed by atoms with Gasteiger partial charge in [0.15, 0.2) is 0 Å². The molecule has 0 atom stereocenters. The molecule has 0 aliphatic heterocycles. The van der Waals surface area contributed by atoms with Gasteiger partial charge in [-0.25, -0.2) is 9.07 Å². The topological polar surface area (TPSA) is 46.9 Å². The number of hydrogen-bond donors (Lipinski definition) is 1. The summed E-state index contributed by atoms with van der Waals surface area (Å²) < 4.78 is 16.2. The minimum atomic E-state index is -0.370. The van der Waals surface area contributed by atoms with E-state index < -0.39 is 0 Å². The van der Waals surface area contributed by atoms with Crippen molar-refractivity contribution in [3.05, 3.63) is 74.3 Å². The fourth-order valence-electron chi connectivity index (χ4n) is 2.08. The molecule has 0 radical (unpaired) electrons. The normalized spacial score (nSPS) is 10.6. The summed E-state index contributed by atoms with van der Waals surface area (Å²) in [5, 5.41) is 7.04. The van der Waals surface area contributed by atoms with Crippen molar-refractivity contribution in [1.82, 2.24) is 9.78 Å². The van der Waals surface area contributed by atoms with E-state index in [2.05, 4.69) is 26.3 Å². The molecule has 7 heteroatoms. The maximum Gasteiger partial charge on any atom is 0.256 e. The summed E-state index contributed by atoms with van der Waals surface area (Å²) in [6.45, 7) is 0. The molecular formula is C16H10BrFIN3O. The summed E-state index contributed by atoms with van der Waals surface area (Å²) in [5.41, 5.74) is 1.76. The Balaban J connectivity index is 1.96. The molecular weight excluding hydrogens is 476 g/mol. The van der Waals surface area contributed by atoms with Gasteiger partial charge in [-0.1, -0.05) is 15.9 Å². The van der Waals surface area contributed by atoms with Crippen molar-refractivity contribution in [3.8, 4) is 5.69 Å². The molecule has 1 heterocycles. The number of halogens is 3. The monoisotopic (exact) mass is 485 g/mol. The minimum Gasteiger partial charge on any atom is -0.320 e. The zero-order valence-corrected chi connectivity index (χ0v) is 15.4. The first-order chi connectivity index (χ1) is 11.0. The van der Waals surface area contributed by atoms with Crippen molar-refractivity contribution in [2.45, 2.75) is 0 Å². The van der Waals surface area contributed by atoms with Gasteiger partial charge in [-0.2, -0.15) is 5.10 Å². The van der Waals surface area contributed by atoms with Crippen LogP contribution in [0.4, 0.5) is 10.1 Å². The van der Waals surface area contributed by atoms with Gasteiger partial charge in [0.2, 0.25) is 0 Å². The molecule has 0 bridgehead atoms. The predicted molar refractivity (Wildman–Crippen MR) is 98.3 cm³/mol. The second-order valence-corrected chi connectivity index (χ2v) is 6.77. The molecule has 1 amide bonds. The summed E-state index contributed by atoms with van der Waals surface area (Å²) in [4.78, 5) is 12.5. The fraction of sp³-hybridized carbons (Fsp3) is 0. The van der Waals surface area contributed by atoms with E-state index in [1.54, 1.807) is 29.2 Å². The molecule has 0 spiro atoms. The lowest BCUT2D eigenvalue weighted by atomic mass is 10.2. The molecule has 0 aliphatic carbocycles. The van der Waals surface area contributed by atoms with Crippen LogP contribution in [0.15, 0.2) is 59.3 Å². The lowest BCUT2D eigenvalue weighted by molar-refractivity contribution is 0.102.